The van der Waals surface area contributed by atoms with Gasteiger partial charge in [-0.15, -0.1) is 0 Å². The highest BCUT2D eigenvalue weighted by molar-refractivity contribution is 5.80. The van der Waals surface area contributed by atoms with Crippen molar-refractivity contribution in [3.05, 3.63) is 30.1 Å². The summed E-state index contributed by atoms with van der Waals surface area (Å²) in [4.78, 5) is 4.43. The first-order chi connectivity index (χ1) is 7.76. The van der Waals surface area contributed by atoms with E-state index in [2.05, 4.69) is 35.7 Å². The second kappa shape index (κ2) is 4.66. The summed E-state index contributed by atoms with van der Waals surface area (Å²) in [5, 5.41) is 1.24. The van der Waals surface area contributed by atoms with Crippen LogP contribution in [0.3, 0.4) is 0 Å². The lowest BCUT2D eigenvalue weighted by Crippen LogP contribution is -2.21. The van der Waals surface area contributed by atoms with Crippen LogP contribution < -0.4 is 5.73 Å². The Morgan fingerprint density at radius 2 is 2.25 bits per heavy atom. The molecule has 0 saturated heterocycles. The van der Waals surface area contributed by atoms with Gasteiger partial charge in [0.15, 0.2) is 0 Å². The number of nitrogens with zero attached hydrogens (tertiary/aromatic N) is 2. The van der Waals surface area contributed by atoms with Crippen LogP contribution in [0.5, 0.6) is 0 Å². The van der Waals surface area contributed by atoms with Crippen molar-refractivity contribution in [3.63, 3.8) is 0 Å². The van der Waals surface area contributed by atoms with E-state index in [1.807, 2.05) is 12.3 Å². The standard InChI is InChI=1S/C13H19N3/c1-3-11(14)8-10-9-16(4-2)13-12(10)6-5-7-15-13/h5-7,9,11H,3-4,8,14H2,1-2H3. The smallest absolute Gasteiger partial charge is 0.140 e. The number of pyridine rings is 1. The quantitative estimate of drug-likeness (QED) is 0.854. The molecule has 1 unspecified atom stereocenters. The number of rotatable bonds is 4. The van der Waals surface area contributed by atoms with Crippen LogP contribution >= 0.6 is 0 Å². The van der Waals surface area contributed by atoms with Gasteiger partial charge in [0, 0.05) is 30.4 Å². The van der Waals surface area contributed by atoms with E-state index in [-0.39, 0.29) is 6.04 Å². The van der Waals surface area contributed by atoms with Crippen LogP contribution in [0.15, 0.2) is 24.5 Å². The molecule has 3 heteroatoms. The molecule has 2 N–H and O–H groups in total. The van der Waals surface area contributed by atoms with Crippen molar-refractivity contribution in [1.29, 1.82) is 0 Å². The highest BCUT2D eigenvalue weighted by atomic mass is 15.0. The van der Waals surface area contributed by atoms with Gasteiger partial charge in [0.25, 0.3) is 0 Å². The number of nitrogens with two attached hydrogens (primary N) is 1. The fourth-order valence-electron chi connectivity index (χ4n) is 2.03. The Morgan fingerprint density at radius 3 is 2.94 bits per heavy atom. The van der Waals surface area contributed by atoms with E-state index in [1.165, 1.54) is 10.9 Å². The first kappa shape index (κ1) is 11.1. The molecule has 0 fully saturated rings. The summed E-state index contributed by atoms with van der Waals surface area (Å²) >= 11 is 0. The van der Waals surface area contributed by atoms with Crippen LogP contribution in [-0.2, 0) is 13.0 Å². The molecule has 2 aromatic rings. The Morgan fingerprint density at radius 1 is 1.44 bits per heavy atom. The maximum atomic E-state index is 6.02. The molecule has 0 bridgehead atoms. The van der Waals surface area contributed by atoms with Crippen molar-refractivity contribution in [1.82, 2.24) is 9.55 Å². The van der Waals surface area contributed by atoms with E-state index in [9.17, 15) is 0 Å². The van der Waals surface area contributed by atoms with Gasteiger partial charge in [-0.25, -0.2) is 4.98 Å². The van der Waals surface area contributed by atoms with Crippen molar-refractivity contribution < 1.29 is 0 Å². The van der Waals surface area contributed by atoms with Crippen molar-refractivity contribution >= 4 is 11.0 Å². The zero-order chi connectivity index (χ0) is 11.5. The molecule has 0 aliphatic carbocycles. The molecule has 0 aromatic carbocycles. The first-order valence-corrected chi connectivity index (χ1v) is 5.94. The molecule has 2 aromatic heterocycles. The fraction of sp³-hybridized carbons (Fsp3) is 0.462. The molecular formula is C13H19N3. The highest BCUT2D eigenvalue weighted by Crippen LogP contribution is 2.20. The molecule has 16 heavy (non-hydrogen) atoms. The van der Waals surface area contributed by atoms with Crippen LogP contribution in [0.2, 0.25) is 0 Å². The van der Waals surface area contributed by atoms with Crippen molar-refractivity contribution in [2.45, 2.75) is 39.3 Å². The van der Waals surface area contributed by atoms with Gasteiger partial charge in [0.05, 0.1) is 0 Å². The van der Waals surface area contributed by atoms with Crippen molar-refractivity contribution in [3.8, 4) is 0 Å². The lowest BCUT2D eigenvalue weighted by atomic mass is 10.1. The third-order valence-electron chi connectivity index (χ3n) is 3.06. The van der Waals surface area contributed by atoms with Crippen molar-refractivity contribution in [2.75, 3.05) is 0 Å². The van der Waals surface area contributed by atoms with Crippen LogP contribution in [0, 0.1) is 0 Å². The molecular weight excluding hydrogens is 198 g/mol. The summed E-state index contributed by atoms with van der Waals surface area (Å²) in [6.07, 6.45) is 5.98. The van der Waals surface area contributed by atoms with E-state index in [0.717, 1.165) is 25.0 Å². The Bertz CT molecular complexity index is 473. The molecule has 0 spiro atoms. The van der Waals surface area contributed by atoms with E-state index < -0.39 is 0 Å². The summed E-state index contributed by atoms with van der Waals surface area (Å²) < 4.78 is 2.19. The third kappa shape index (κ3) is 1.95. The molecule has 0 amide bonds. The number of aryl methyl sites for hydroxylation is 1. The lowest BCUT2D eigenvalue weighted by Gasteiger charge is -2.06. The predicted molar refractivity (Wildman–Crippen MR) is 67.4 cm³/mol. The zero-order valence-corrected chi connectivity index (χ0v) is 9.98. The number of hydrogen-bond donors (Lipinski definition) is 1. The van der Waals surface area contributed by atoms with Gasteiger partial charge in [-0.3, -0.25) is 0 Å². The molecule has 2 heterocycles. The average Bonchev–Trinajstić information content (AvgIpc) is 2.68. The maximum absolute atomic E-state index is 6.02. The van der Waals surface area contributed by atoms with Gasteiger partial charge in [0.1, 0.15) is 5.65 Å². The minimum absolute atomic E-state index is 0.246. The molecule has 3 nitrogen and oxygen atoms in total. The Balaban J connectivity index is 2.45. The van der Waals surface area contributed by atoms with E-state index in [0.29, 0.717) is 0 Å². The first-order valence-electron chi connectivity index (χ1n) is 5.94. The topological polar surface area (TPSA) is 43.8 Å². The van der Waals surface area contributed by atoms with E-state index in [4.69, 9.17) is 5.73 Å². The normalized spacial score (nSPS) is 13.2. The molecule has 0 aliphatic rings. The summed E-state index contributed by atoms with van der Waals surface area (Å²) in [5.41, 5.74) is 8.41. The summed E-state index contributed by atoms with van der Waals surface area (Å²) in [6.45, 7) is 5.22. The summed E-state index contributed by atoms with van der Waals surface area (Å²) in [7, 11) is 0. The fourth-order valence-corrected chi connectivity index (χ4v) is 2.03. The lowest BCUT2D eigenvalue weighted by molar-refractivity contribution is 0.646. The Hall–Kier alpha value is -1.35. The minimum Gasteiger partial charge on any atom is -0.333 e. The average molecular weight is 217 g/mol. The van der Waals surface area contributed by atoms with Gasteiger partial charge in [0.2, 0.25) is 0 Å². The second-order valence-electron chi connectivity index (χ2n) is 4.19. The molecule has 0 aliphatic heterocycles. The summed E-state index contributed by atoms with van der Waals surface area (Å²) in [5.74, 6) is 0. The van der Waals surface area contributed by atoms with Gasteiger partial charge < -0.3 is 10.3 Å². The summed E-state index contributed by atoms with van der Waals surface area (Å²) in [6, 6.07) is 4.37. The van der Waals surface area contributed by atoms with E-state index >= 15 is 0 Å². The van der Waals surface area contributed by atoms with Crippen LogP contribution in [-0.4, -0.2) is 15.6 Å². The number of fused-ring (bicyclic) bond motifs is 1. The monoisotopic (exact) mass is 217 g/mol. The largest absolute Gasteiger partial charge is 0.333 e. The highest BCUT2D eigenvalue weighted by Gasteiger charge is 2.10. The number of hydrogen-bond acceptors (Lipinski definition) is 2. The van der Waals surface area contributed by atoms with Crippen molar-refractivity contribution in [2.24, 2.45) is 5.73 Å². The SMILES string of the molecule is CCC(N)Cc1cn(CC)c2ncccc12. The molecule has 1 atom stereocenters. The molecule has 2 rings (SSSR count). The maximum Gasteiger partial charge on any atom is 0.140 e. The Labute approximate surface area is 96.3 Å². The van der Waals surface area contributed by atoms with Gasteiger partial charge in [-0.2, -0.15) is 0 Å². The molecule has 86 valence electrons. The van der Waals surface area contributed by atoms with Crippen LogP contribution in [0.4, 0.5) is 0 Å². The second-order valence-corrected chi connectivity index (χ2v) is 4.19. The van der Waals surface area contributed by atoms with Gasteiger partial charge in [-0.05, 0) is 37.5 Å². The molecule has 0 radical (unpaired) electrons. The van der Waals surface area contributed by atoms with E-state index in [1.54, 1.807) is 0 Å². The zero-order valence-electron chi connectivity index (χ0n) is 9.98. The molecule has 0 saturated carbocycles. The van der Waals surface area contributed by atoms with Crippen LogP contribution in [0.25, 0.3) is 11.0 Å². The minimum atomic E-state index is 0.246. The van der Waals surface area contributed by atoms with Gasteiger partial charge >= 0.3 is 0 Å². The Kier molecular flexibility index (Phi) is 3.25. The number of aromatic nitrogens is 2. The van der Waals surface area contributed by atoms with Crippen LogP contribution in [0.1, 0.15) is 25.8 Å². The predicted octanol–water partition coefficient (Wildman–Crippen LogP) is 2.34. The van der Waals surface area contributed by atoms with Gasteiger partial charge in [-0.1, -0.05) is 6.92 Å². The third-order valence-corrected chi connectivity index (χ3v) is 3.06.